The van der Waals surface area contributed by atoms with Crippen molar-refractivity contribution in [3.05, 3.63) is 45.9 Å². The first-order valence-electron chi connectivity index (χ1n) is 7.36. The van der Waals surface area contributed by atoms with Gasteiger partial charge in [0.2, 0.25) is 0 Å². The number of ether oxygens (including phenoxy) is 1. The lowest BCUT2D eigenvalue weighted by Gasteiger charge is -2.15. The minimum absolute atomic E-state index is 0.164. The van der Waals surface area contributed by atoms with Crippen LogP contribution in [0.25, 0.3) is 0 Å². The predicted molar refractivity (Wildman–Crippen MR) is 91.7 cm³/mol. The van der Waals surface area contributed by atoms with Gasteiger partial charge in [0.05, 0.1) is 12.1 Å². The second kappa shape index (κ2) is 7.00. The highest BCUT2D eigenvalue weighted by molar-refractivity contribution is 7.10. The maximum Gasteiger partial charge on any atom is 0.330 e. The molecule has 1 aromatic carbocycles. The number of benzene rings is 1. The lowest BCUT2D eigenvalue weighted by atomic mass is 9.98. The molecule has 2 rings (SSSR count). The topological polar surface area (TPSA) is 88.5 Å². The molecule has 0 aliphatic rings. The minimum atomic E-state index is -1.17. The number of carboxylic acid groups (broad SMARTS) is 1. The highest BCUT2D eigenvalue weighted by Gasteiger charge is 2.26. The average molecular weight is 348 g/mol. The SMILES string of the molecule is COc1cccc([C@H](NC(=O)c2csc(C(C)(C)C)n2)C(=O)O)c1. The number of carbonyl (C=O) groups excluding carboxylic acids is 1. The number of carboxylic acids is 1. The van der Waals surface area contributed by atoms with Crippen LogP contribution in [-0.4, -0.2) is 29.1 Å². The van der Waals surface area contributed by atoms with Crippen molar-refractivity contribution in [2.45, 2.75) is 32.2 Å². The standard InChI is InChI=1S/C17H20N2O4S/c1-17(2,3)16-18-12(9-24-16)14(20)19-13(15(21)22)10-6-5-7-11(8-10)23-4/h5-9,13H,1-4H3,(H,19,20)(H,21,22)/t13-/m0/s1. The van der Waals surface area contributed by atoms with E-state index in [0.29, 0.717) is 11.3 Å². The van der Waals surface area contributed by atoms with E-state index >= 15 is 0 Å². The van der Waals surface area contributed by atoms with Crippen LogP contribution in [0, 0.1) is 0 Å². The number of nitrogens with one attached hydrogen (secondary N) is 1. The Morgan fingerprint density at radius 1 is 1.33 bits per heavy atom. The summed E-state index contributed by atoms with van der Waals surface area (Å²) in [5, 5.41) is 14.4. The maximum atomic E-state index is 12.4. The summed E-state index contributed by atoms with van der Waals surface area (Å²) in [6.45, 7) is 6.01. The van der Waals surface area contributed by atoms with Crippen molar-refractivity contribution in [3.8, 4) is 5.75 Å². The third-order valence-corrected chi connectivity index (χ3v) is 4.60. The summed E-state index contributed by atoms with van der Waals surface area (Å²) in [6.07, 6.45) is 0. The summed E-state index contributed by atoms with van der Waals surface area (Å²) in [5.74, 6) is -1.14. The van der Waals surface area contributed by atoms with E-state index in [1.807, 2.05) is 20.8 Å². The number of hydrogen-bond acceptors (Lipinski definition) is 5. The highest BCUT2D eigenvalue weighted by atomic mass is 32.1. The highest BCUT2D eigenvalue weighted by Crippen LogP contribution is 2.26. The Morgan fingerprint density at radius 3 is 2.58 bits per heavy atom. The van der Waals surface area contributed by atoms with Gasteiger partial charge in [-0.2, -0.15) is 0 Å². The Labute approximate surface area is 144 Å². The van der Waals surface area contributed by atoms with Gasteiger partial charge in [-0.3, -0.25) is 4.79 Å². The predicted octanol–water partition coefficient (Wildman–Crippen LogP) is 3.00. The van der Waals surface area contributed by atoms with Crippen molar-refractivity contribution in [2.24, 2.45) is 0 Å². The molecule has 0 spiro atoms. The summed E-state index contributed by atoms with van der Waals surface area (Å²) in [6, 6.07) is 5.42. The third-order valence-electron chi connectivity index (χ3n) is 3.33. The van der Waals surface area contributed by atoms with E-state index in [1.165, 1.54) is 18.4 Å². The fraction of sp³-hybridized carbons (Fsp3) is 0.353. The van der Waals surface area contributed by atoms with Gasteiger partial charge in [-0.05, 0) is 17.7 Å². The molecular formula is C17H20N2O4S. The zero-order valence-corrected chi connectivity index (χ0v) is 14.8. The molecule has 0 aliphatic heterocycles. The molecule has 2 aromatic rings. The number of thiazole rings is 1. The molecule has 1 aromatic heterocycles. The smallest absolute Gasteiger partial charge is 0.330 e. The Kier molecular flexibility index (Phi) is 5.23. The van der Waals surface area contributed by atoms with Gasteiger partial charge in [-0.25, -0.2) is 9.78 Å². The third kappa shape index (κ3) is 4.11. The monoisotopic (exact) mass is 348 g/mol. The van der Waals surface area contributed by atoms with Crippen LogP contribution >= 0.6 is 11.3 Å². The fourth-order valence-electron chi connectivity index (χ4n) is 2.04. The Hall–Kier alpha value is -2.41. The zero-order chi connectivity index (χ0) is 17.9. The molecule has 128 valence electrons. The molecule has 0 bridgehead atoms. The lowest BCUT2D eigenvalue weighted by Crippen LogP contribution is -2.34. The molecule has 1 atom stereocenters. The Balaban J connectivity index is 2.23. The number of nitrogens with zero attached hydrogens (tertiary/aromatic N) is 1. The number of methoxy groups -OCH3 is 1. The summed E-state index contributed by atoms with van der Waals surface area (Å²) in [5.41, 5.74) is 0.489. The number of aromatic nitrogens is 1. The molecule has 0 fully saturated rings. The van der Waals surface area contributed by atoms with Gasteiger partial charge in [-0.15, -0.1) is 11.3 Å². The van der Waals surface area contributed by atoms with E-state index in [-0.39, 0.29) is 11.1 Å². The number of aliphatic carboxylic acids is 1. The summed E-state index contributed by atoms with van der Waals surface area (Å²) in [7, 11) is 1.50. The van der Waals surface area contributed by atoms with Gasteiger partial charge in [0.15, 0.2) is 6.04 Å². The summed E-state index contributed by atoms with van der Waals surface area (Å²) >= 11 is 1.38. The largest absolute Gasteiger partial charge is 0.497 e. The van der Waals surface area contributed by atoms with Crippen LogP contribution in [0.15, 0.2) is 29.6 Å². The molecule has 0 unspecified atom stereocenters. The van der Waals surface area contributed by atoms with Crippen LogP contribution in [0.5, 0.6) is 5.75 Å². The van der Waals surface area contributed by atoms with Crippen LogP contribution in [0.3, 0.4) is 0 Å². The normalized spacial score (nSPS) is 12.5. The second-order valence-corrected chi connectivity index (χ2v) is 7.17. The molecule has 24 heavy (non-hydrogen) atoms. The van der Waals surface area contributed by atoms with Gasteiger partial charge < -0.3 is 15.2 Å². The molecular weight excluding hydrogens is 328 g/mol. The first-order chi connectivity index (χ1) is 11.2. The van der Waals surface area contributed by atoms with Gasteiger partial charge in [0.25, 0.3) is 5.91 Å². The fourth-order valence-corrected chi connectivity index (χ4v) is 2.92. The van der Waals surface area contributed by atoms with Crippen molar-refractivity contribution in [1.82, 2.24) is 10.3 Å². The number of hydrogen-bond donors (Lipinski definition) is 2. The van der Waals surface area contributed by atoms with Crippen molar-refractivity contribution in [3.63, 3.8) is 0 Å². The van der Waals surface area contributed by atoms with Crippen LogP contribution in [0.1, 0.15) is 47.9 Å². The number of amides is 1. The van der Waals surface area contributed by atoms with Crippen LogP contribution in [0.2, 0.25) is 0 Å². The second-order valence-electron chi connectivity index (χ2n) is 6.31. The van der Waals surface area contributed by atoms with Crippen LogP contribution < -0.4 is 10.1 Å². The number of rotatable bonds is 5. The van der Waals surface area contributed by atoms with Crippen molar-refractivity contribution < 1.29 is 19.4 Å². The van der Waals surface area contributed by atoms with Crippen LogP contribution in [0.4, 0.5) is 0 Å². The Bertz CT molecular complexity index is 749. The van der Waals surface area contributed by atoms with Gasteiger partial charge in [-0.1, -0.05) is 32.9 Å². The van der Waals surface area contributed by atoms with Crippen LogP contribution in [-0.2, 0) is 10.2 Å². The maximum absolute atomic E-state index is 12.4. The van der Waals surface area contributed by atoms with E-state index in [1.54, 1.807) is 29.6 Å². The van der Waals surface area contributed by atoms with Gasteiger partial charge >= 0.3 is 5.97 Å². The van der Waals surface area contributed by atoms with Crippen molar-refractivity contribution >= 4 is 23.2 Å². The van der Waals surface area contributed by atoms with E-state index in [0.717, 1.165) is 5.01 Å². The molecule has 1 amide bonds. The first kappa shape index (κ1) is 17.9. The first-order valence-corrected chi connectivity index (χ1v) is 8.24. The molecule has 6 nitrogen and oxygen atoms in total. The molecule has 1 heterocycles. The average Bonchev–Trinajstić information content (AvgIpc) is 3.02. The Morgan fingerprint density at radius 2 is 2.04 bits per heavy atom. The summed E-state index contributed by atoms with van der Waals surface area (Å²) < 4.78 is 5.10. The lowest BCUT2D eigenvalue weighted by molar-refractivity contribution is -0.139. The molecule has 2 N–H and O–H groups in total. The molecule has 0 aliphatic carbocycles. The molecule has 0 saturated heterocycles. The molecule has 0 radical (unpaired) electrons. The van der Waals surface area contributed by atoms with E-state index < -0.39 is 17.9 Å². The summed E-state index contributed by atoms with van der Waals surface area (Å²) in [4.78, 5) is 28.2. The van der Waals surface area contributed by atoms with E-state index in [2.05, 4.69) is 10.3 Å². The van der Waals surface area contributed by atoms with E-state index in [4.69, 9.17) is 4.74 Å². The van der Waals surface area contributed by atoms with Crippen molar-refractivity contribution in [1.29, 1.82) is 0 Å². The van der Waals surface area contributed by atoms with Gasteiger partial charge in [0, 0.05) is 10.8 Å². The quantitative estimate of drug-likeness (QED) is 0.867. The van der Waals surface area contributed by atoms with Gasteiger partial charge in [0.1, 0.15) is 11.4 Å². The molecule has 0 saturated carbocycles. The minimum Gasteiger partial charge on any atom is -0.497 e. The molecule has 7 heteroatoms. The van der Waals surface area contributed by atoms with Crippen molar-refractivity contribution in [2.75, 3.05) is 7.11 Å². The zero-order valence-electron chi connectivity index (χ0n) is 14.0. The van der Waals surface area contributed by atoms with E-state index in [9.17, 15) is 14.7 Å². The number of carbonyl (C=O) groups is 2.